The Morgan fingerprint density at radius 1 is 1.00 bits per heavy atom. The van der Waals surface area contributed by atoms with Crippen molar-refractivity contribution in [2.45, 2.75) is 47.5 Å². The molecule has 2 heteroatoms. The number of thiophene rings is 1. The van der Waals surface area contributed by atoms with E-state index in [0.717, 1.165) is 30.8 Å². The van der Waals surface area contributed by atoms with E-state index in [9.17, 15) is 0 Å². The van der Waals surface area contributed by atoms with E-state index in [1.165, 1.54) is 17.7 Å². The maximum absolute atomic E-state index is 3.57. The Morgan fingerprint density at radius 3 is 2.22 bits per heavy atom. The van der Waals surface area contributed by atoms with Crippen LogP contribution in [0, 0.1) is 17.8 Å². The van der Waals surface area contributed by atoms with Crippen molar-refractivity contribution in [1.29, 1.82) is 0 Å². The highest BCUT2D eigenvalue weighted by atomic mass is 32.1. The van der Waals surface area contributed by atoms with Gasteiger partial charge >= 0.3 is 0 Å². The first-order valence-corrected chi connectivity index (χ1v) is 8.12. The SMILES string of the molecule is CCc1ccc(CC(C)C(C)CNCC(C)C)s1. The smallest absolute Gasteiger partial charge is 0.00509 e. The lowest BCUT2D eigenvalue weighted by atomic mass is 9.92. The van der Waals surface area contributed by atoms with Gasteiger partial charge in [0.1, 0.15) is 0 Å². The van der Waals surface area contributed by atoms with Gasteiger partial charge in [0.05, 0.1) is 0 Å². The molecule has 104 valence electrons. The summed E-state index contributed by atoms with van der Waals surface area (Å²) in [6.07, 6.45) is 2.40. The van der Waals surface area contributed by atoms with Crippen LogP contribution in [0.5, 0.6) is 0 Å². The van der Waals surface area contributed by atoms with E-state index in [1.807, 2.05) is 11.3 Å². The van der Waals surface area contributed by atoms with Gasteiger partial charge in [0.25, 0.3) is 0 Å². The minimum atomic E-state index is 0.746. The van der Waals surface area contributed by atoms with Crippen LogP contribution in [0.4, 0.5) is 0 Å². The lowest BCUT2D eigenvalue weighted by Gasteiger charge is -2.20. The molecule has 1 aromatic heterocycles. The second-order valence-corrected chi connectivity index (χ2v) is 7.19. The van der Waals surface area contributed by atoms with E-state index < -0.39 is 0 Å². The van der Waals surface area contributed by atoms with Gasteiger partial charge < -0.3 is 5.32 Å². The summed E-state index contributed by atoms with van der Waals surface area (Å²) in [4.78, 5) is 3.07. The standard InChI is InChI=1S/C16H29NS/c1-6-15-7-8-16(18-15)9-13(4)14(5)11-17-10-12(2)3/h7-8,12-14,17H,6,9-11H2,1-5H3. The van der Waals surface area contributed by atoms with E-state index in [0.29, 0.717) is 0 Å². The van der Waals surface area contributed by atoms with Crippen molar-refractivity contribution < 1.29 is 0 Å². The number of aryl methyl sites for hydroxylation is 1. The van der Waals surface area contributed by atoms with E-state index >= 15 is 0 Å². The summed E-state index contributed by atoms with van der Waals surface area (Å²) >= 11 is 1.99. The highest BCUT2D eigenvalue weighted by Crippen LogP contribution is 2.23. The quantitative estimate of drug-likeness (QED) is 0.737. The molecule has 0 bridgehead atoms. The molecule has 18 heavy (non-hydrogen) atoms. The third-order valence-electron chi connectivity index (χ3n) is 3.58. The van der Waals surface area contributed by atoms with Gasteiger partial charge in [0, 0.05) is 9.75 Å². The van der Waals surface area contributed by atoms with Gasteiger partial charge in [-0.15, -0.1) is 11.3 Å². The van der Waals surface area contributed by atoms with Gasteiger partial charge in [0.15, 0.2) is 0 Å². The van der Waals surface area contributed by atoms with Gasteiger partial charge in [0.2, 0.25) is 0 Å². The molecule has 2 unspecified atom stereocenters. The highest BCUT2D eigenvalue weighted by molar-refractivity contribution is 7.11. The molecule has 1 N–H and O–H groups in total. The molecule has 1 rings (SSSR count). The summed E-state index contributed by atoms with van der Waals surface area (Å²) in [6.45, 7) is 13.8. The van der Waals surface area contributed by atoms with Gasteiger partial charge in [-0.05, 0) is 55.8 Å². The van der Waals surface area contributed by atoms with Crippen LogP contribution in [0.25, 0.3) is 0 Å². The Bertz CT molecular complexity index is 330. The maximum atomic E-state index is 3.57. The first-order valence-electron chi connectivity index (χ1n) is 7.31. The van der Waals surface area contributed by atoms with Crippen LogP contribution in [-0.4, -0.2) is 13.1 Å². The van der Waals surface area contributed by atoms with E-state index in [2.05, 4.69) is 52.1 Å². The second-order valence-electron chi connectivity index (χ2n) is 5.93. The minimum Gasteiger partial charge on any atom is -0.316 e. The van der Waals surface area contributed by atoms with E-state index in [1.54, 1.807) is 4.88 Å². The molecule has 0 spiro atoms. The van der Waals surface area contributed by atoms with Crippen LogP contribution >= 0.6 is 11.3 Å². The normalized spacial score (nSPS) is 15.0. The lowest BCUT2D eigenvalue weighted by molar-refractivity contribution is 0.359. The Morgan fingerprint density at radius 2 is 1.67 bits per heavy atom. The van der Waals surface area contributed by atoms with Crippen molar-refractivity contribution in [1.82, 2.24) is 5.32 Å². The monoisotopic (exact) mass is 267 g/mol. The Labute approximate surface area is 117 Å². The Hall–Kier alpha value is -0.340. The molecule has 1 aromatic rings. The van der Waals surface area contributed by atoms with Crippen molar-refractivity contribution in [2.75, 3.05) is 13.1 Å². The predicted molar refractivity (Wildman–Crippen MR) is 83.4 cm³/mol. The molecular formula is C16H29NS. The first kappa shape index (κ1) is 15.7. The zero-order valence-corrected chi connectivity index (χ0v) is 13.4. The zero-order chi connectivity index (χ0) is 13.5. The fourth-order valence-electron chi connectivity index (χ4n) is 2.04. The molecule has 0 aromatic carbocycles. The summed E-state index contributed by atoms with van der Waals surface area (Å²) in [5.41, 5.74) is 0. The van der Waals surface area contributed by atoms with Crippen molar-refractivity contribution in [3.05, 3.63) is 21.9 Å². The van der Waals surface area contributed by atoms with Gasteiger partial charge in [-0.25, -0.2) is 0 Å². The summed E-state index contributed by atoms with van der Waals surface area (Å²) in [6, 6.07) is 4.60. The topological polar surface area (TPSA) is 12.0 Å². The molecule has 0 fully saturated rings. The van der Waals surface area contributed by atoms with Crippen molar-refractivity contribution in [2.24, 2.45) is 17.8 Å². The zero-order valence-electron chi connectivity index (χ0n) is 12.6. The molecule has 0 radical (unpaired) electrons. The molecule has 1 nitrogen and oxygen atoms in total. The Balaban J connectivity index is 2.32. The number of hydrogen-bond donors (Lipinski definition) is 1. The van der Waals surface area contributed by atoms with Gasteiger partial charge in [-0.2, -0.15) is 0 Å². The molecule has 0 aliphatic carbocycles. The molecular weight excluding hydrogens is 238 g/mol. The van der Waals surface area contributed by atoms with Crippen LogP contribution in [0.3, 0.4) is 0 Å². The fourth-order valence-corrected chi connectivity index (χ4v) is 3.14. The number of rotatable bonds is 8. The van der Waals surface area contributed by atoms with Gasteiger partial charge in [-0.1, -0.05) is 34.6 Å². The van der Waals surface area contributed by atoms with Crippen LogP contribution in [0.2, 0.25) is 0 Å². The van der Waals surface area contributed by atoms with Crippen LogP contribution in [0.1, 0.15) is 44.4 Å². The molecule has 0 aliphatic rings. The van der Waals surface area contributed by atoms with E-state index in [-0.39, 0.29) is 0 Å². The number of nitrogens with one attached hydrogen (secondary N) is 1. The minimum absolute atomic E-state index is 0.746. The molecule has 0 amide bonds. The second kappa shape index (κ2) is 7.96. The summed E-state index contributed by atoms with van der Waals surface area (Å²) < 4.78 is 0. The van der Waals surface area contributed by atoms with Crippen molar-refractivity contribution in [3.8, 4) is 0 Å². The van der Waals surface area contributed by atoms with Crippen LogP contribution in [-0.2, 0) is 12.8 Å². The maximum Gasteiger partial charge on any atom is 0.00509 e. The van der Waals surface area contributed by atoms with Crippen molar-refractivity contribution in [3.63, 3.8) is 0 Å². The molecule has 0 aliphatic heterocycles. The summed E-state index contributed by atoms with van der Waals surface area (Å²) in [5.74, 6) is 2.25. The summed E-state index contributed by atoms with van der Waals surface area (Å²) in [5, 5.41) is 3.57. The van der Waals surface area contributed by atoms with Gasteiger partial charge in [-0.3, -0.25) is 0 Å². The predicted octanol–water partition coefficient (Wildman–Crippen LogP) is 4.37. The van der Waals surface area contributed by atoms with Crippen LogP contribution in [0.15, 0.2) is 12.1 Å². The fraction of sp³-hybridized carbons (Fsp3) is 0.750. The summed E-state index contributed by atoms with van der Waals surface area (Å²) in [7, 11) is 0. The largest absolute Gasteiger partial charge is 0.316 e. The first-order chi connectivity index (χ1) is 8.52. The average molecular weight is 267 g/mol. The third kappa shape index (κ3) is 5.53. The third-order valence-corrected chi connectivity index (χ3v) is 4.83. The molecule has 0 saturated carbocycles. The lowest BCUT2D eigenvalue weighted by Crippen LogP contribution is -2.28. The molecule has 2 atom stereocenters. The Kier molecular flexibility index (Phi) is 6.95. The molecule has 0 saturated heterocycles. The number of hydrogen-bond acceptors (Lipinski definition) is 2. The van der Waals surface area contributed by atoms with Crippen LogP contribution < -0.4 is 5.32 Å². The van der Waals surface area contributed by atoms with Crippen molar-refractivity contribution >= 4 is 11.3 Å². The molecule has 1 heterocycles. The average Bonchev–Trinajstić information content (AvgIpc) is 2.76. The highest BCUT2D eigenvalue weighted by Gasteiger charge is 2.13. The van der Waals surface area contributed by atoms with E-state index in [4.69, 9.17) is 0 Å².